The zero-order valence-corrected chi connectivity index (χ0v) is 11.4. The predicted octanol–water partition coefficient (Wildman–Crippen LogP) is 3.35. The number of nitrogens with one attached hydrogen (secondary N) is 1. The highest BCUT2D eigenvalue weighted by Crippen LogP contribution is 2.39. The summed E-state index contributed by atoms with van der Waals surface area (Å²) in [7, 11) is 1.66. The minimum Gasteiger partial charge on any atom is -0.481 e. The van der Waals surface area contributed by atoms with Gasteiger partial charge in [0.25, 0.3) is 0 Å². The van der Waals surface area contributed by atoms with Gasteiger partial charge >= 0.3 is 0 Å². The van der Waals surface area contributed by atoms with E-state index in [4.69, 9.17) is 4.74 Å². The van der Waals surface area contributed by atoms with Crippen LogP contribution in [0, 0.1) is 0 Å². The molecule has 0 spiro atoms. The Balaban J connectivity index is 1.88. The van der Waals surface area contributed by atoms with Crippen LogP contribution < -0.4 is 10.1 Å². The summed E-state index contributed by atoms with van der Waals surface area (Å²) in [6.07, 6.45) is 7.47. The zero-order valence-electron chi connectivity index (χ0n) is 11.4. The summed E-state index contributed by atoms with van der Waals surface area (Å²) in [4.78, 5) is 8.96. The fourth-order valence-corrected chi connectivity index (χ4v) is 1.93. The summed E-state index contributed by atoms with van der Waals surface area (Å²) >= 11 is 0. The molecule has 1 N–H and O–H groups in total. The second-order valence-electron chi connectivity index (χ2n) is 4.92. The molecule has 100 valence electrons. The quantitative estimate of drug-likeness (QED) is 0.718. The number of rotatable bonds is 8. The number of aromatic nitrogens is 2. The third kappa shape index (κ3) is 3.86. The molecule has 1 aromatic rings. The minimum absolute atomic E-state index is 0.556. The minimum atomic E-state index is 0.556. The average molecular weight is 249 g/mol. The lowest BCUT2D eigenvalue weighted by molar-refractivity contribution is 0.395. The largest absolute Gasteiger partial charge is 0.481 e. The van der Waals surface area contributed by atoms with Crippen molar-refractivity contribution >= 4 is 5.82 Å². The predicted molar refractivity (Wildman–Crippen MR) is 73.2 cm³/mol. The van der Waals surface area contributed by atoms with Crippen LogP contribution in [-0.2, 0) is 0 Å². The van der Waals surface area contributed by atoms with Gasteiger partial charge in [0, 0.05) is 18.5 Å². The van der Waals surface area contributed by atoms with E-state index in [1.165, 1.54) is 38.5 Å². The highest BCUT2D eigenvalue weighted by Gasteiger charge is 2.27. The first-order chi connectivity index (χ1) is 8.83. The van der Waals surface area contributed by atoms with Crippen LogP contribution in [0.3, 0.4) is 0 Å². The van der Waals surface area contributed by atoms with E-state index in [1.54, 1.807) is 7.11 Å². The summed E-state index contributed by atoms with van der Waals surface area (Å²) in [6, 6.07) is 1.88. The summed E-state index contributed by atoms with van der Waals surface area (Å²) in [5.41, 5.74) is 0. The highest BCUT2D eigenvalue weighted by atomic mass is 16.5. The normalized spacial score (nSPS) is 14.6. The number of ether oxygens (including phenoxy) is 1. The van der Waals surface area contributed by atoms with Crippen molar-refractivity contribution in [2.24, 2.45) is 0 Å². The third-order valence-electron chi connectivity index (χ3n) is 3.21. The van der Waals surface area contributed by atoms with E-state index < -0.39 is 0 Å². The second-order valence-corrected chi connectivity index (χ2v) is 4.92. The summed E-state index contributed by atoms with van der Waals surface area (Å²) in [6.45, 7) is 3.20. The van der Waals surface area contributed by atoms with E-state index in [9.17, 15) is 0 Å². The van der Waals surface area contributed by atoms with Crippen molar-refractivity contribution in [3.8, 4) is 5.88 Å². The Morgan fingerprint density at radius 1 is 1.28 bits per heavy atom. The number of hydrogen-bond donors (Lipinski definition) is 1. The Hall–Kier alpha value is -1.32. The van der Waals surface area contributed by atoms with Crippen molar-refractivity contribution < 1.29 is 4.74 Å². The monoisotopic (exact) mass is 249 g/mol. The molecule has 4 nitrogen and oxygen atoms in total. The van der Waals surface area contributed by atoms with Crippen molar-refractivity contribution in [3.63, 3.8) is 0 Å². The van der Waals surface area contributed by atoms with E-state index >= 15 is 0 Å². The Bertz CT molecular complexity index is 377. The first-order valence-electron chi connectivity index (χ1n) is 7.00. The molecule has 1 heterocycles. The molecule has 1 saturated carbocycles. The van der Waals surface area contributed by atoms with Gasteiger partial charge in [-0.25, -0.2) is 4.98 Å². The molecule has 0 aliphatic heterocycles. The number of unbranched alkanes of at least 4 members (excludes halogenated alkanes) is 3. The van der Waals surface area contributed by atoms with Crippen LogP contribution >= 0.6 is 0 Å². The molecular formula is C14H23N3O. The molecule has 0 bridgehead atoms. The lowest BCUT2D eigenvalue weighted by Crippen LogP contribution is -2.06. The molecule has 1 aromatic heterocycles. The molecule has 2 rings (SSSR count). The van der Waals surface area contributed by atoms with Crippen molar-refractivity contribution in [2.75, 3.05) is 19.0 Å². The third-order valence-corrected chi connectivity index (χ3v) is 3.21. The molecule has 18 heavy (non-hydrogen) atoms. The van der Waals surface area contributed by atoms with Gasteiger partial charge in [-0.2, -0.15) is 4.98 Å². The van der Waals surface area contributed by atoms with Gasteiger partial charge in [0.05, 0.1) is 7.11 Å². The van der Waals surface area contributed by atoms with Gasteiger partial charge in [-0.3, -0.25) is 0 Å². The maximum absolute atomic E-state index is 5.23. The lowest BCUT2D eigenvalue weighted by Gasteiger charge is -2.08. The first kappa shape index (κ1) is 13.1. The van der Waals surface area contributed by atoms with Crippen molar-refractivity contribution in [1.29, 1.82) is 0 Å². The van der Waals surface area contributed by atoms with Gasteiger partial charge in [-0.05, 0) is 19.3 Å². The molecule has 0 radical (unpaired) electrons. The maximum Gasteiger partial charge on any atom is 0.218 e. The number of methoxy groups -OCH3 is 1. The molecular weight excluding hydrogens is 226 g/mol. The van der Waals surface area contributed by atoms with E-state index in [2.05, 4.69) is 22.2 Å². The van der Waals surface area contributed by atoms with Crippen molar-refractivity contribution in [3.05, 3.63) is 11.9 Å². The molecule has 0 atom stereocenters. The second kappa shape index (κ2) is 6.57. The standard InChI is InChI=1S/C14H23N3O/c1-3-4-5-6-9-15-12-10-13(18-2)17-14(16-12)11-7-8-11/h10-11H,3-9H2,1-2H3,(H,15,16,17). The molecule has 0 amide bonds. The van der Waals surface area contributed by atoms with Crippen molar-refractivity contribution in [2.45, 2.75) is 51.4 Å². The SMILES string of the molecule is CCCCCCNc1cc(OC)nc(C2CC2)n1. The number of anilines is 1. The van der Waals surface area contributed by atoms with Crippen LogP contribution in [0.2, 0.25) is 0 Å². The summed E-state index contributed by atoms with van der Waals surface area (Å²) < 4.78 is 5.23. The van der Waals surface area contributed by atoms with Gasteiger partial charge in [0.1, 0.15) is 11.6 Å². The van der Waals surface area contributed by atoms with E-state index in [-0.39, 0.29) is 0 Å². The van der Waals surface area contributed by atoms with Gasteiger partial charge in [0.2, 0.25) is 5.88 Å². The molecule has 0 saturated heterocycles. The van der Waals surface area contributed by atoms with Gasteiger partial charge in [-0.1, -0.05) is 26.2 Å². The first-order valence-corrected chi connectivity index (χ1v) is 7.00. The molecule has 0 aromatic carbocycles. The van der Waals surface area contributed by atoms with Gasteiger partial charge in [0.15, 0.2) is 0 Å². The van der Waals surface area contributed by atoms with E-state index in [0.29, 0.717) is 11.8 Å². The topological polar surface area (TPSA) is 47.0 Å². The molecule has 1 aliphatic carbocycles. The fraction of sp³-hybridized carbons (Fsp3) is 0.714. The van der Waals surface area contributed by atoms with Crippen LogP contribution in [0.1, 0.15) is 57.2 Å². The molecule has 1 fully saturated rings. The number of nitrogens with zero attached hydrogens (tertiary/aromatic N) is 2. The average Bonchev–Trinajstić information content (AvgIpc) is 3.22. The van der Waals surface area contributed by atoms with Gasteiger partial charge < -0.3 is 10.1 Å². The van der Waals surface area contributed by atoms with Crippen LogP contribution in [-0.4, -0.2) is 23.6 Å². The Morgan fingerprint density at radius 2 is 2.11 bits per heavy atom. The maximum atomic E-state index is 5.23. The highest BCUT2D eigenvalue weighted by molar-refractivity contribution is 5.39. The van der Waals surface area contributed by atoms with E-state index in [1.807, 2.05) is 6.07 Å². The Labute approximate surface area is 109 Å². The Kier molecular flexibility index (Phi) is 4.79. The Morgan fingerprint density at radius 3 is 2.78 bits per heavy atom. The summed E-state index contributed by atoms with van der Waals surface area (Å²) in [5, 5.41) is 3.37. The zero-order chi connectivity index (χ0) is 12.8. The summed E-state index contributed by atoms with van der Waals surface area (Å²) in [5.74, 6) is 3.06. The molecule has 0 unspecified atom stereocenters. The fourth-order valence-electron chi connectivity index (χ4n) is 1.93. The molecule has 1 aliphatic rings. The van der Waals surface area contributed by atoms with E-state index in [0.717, 1.165) is 18.2 Å². The van der Waals surface area contributed by atoms with Gasteiger partial charge in [-0.15, -0.1) is 0 Å². The molecule has 4 heteroatoms. The van der Waals surface area contributed by atoms with Crippen LogP contribution in [0.15, 0.2) is 6.07 Å². The smallest absolute Gasteiger partial charge is 0.218 e. The van der Waals surface area contributed by atoms with Crippen molar-refractivity contribution in [1.82, 2.24) is 9.97 Å². The number of hydrogen-bond acceptors (Lipinski definition) is 4. The lowest BCUT2D eigenvalue weighted by atomic mass is 10.2. The van der Waals surface area contributed by atoms with Crippen LogP contribution in [0.25, 0.3) is 0 Å². The van der Waals surface area contributed by atoms with Crippen LogP contribution in [0.5, 0.6) is 5.88 Å². The van der Waals surface area contributed by atoms with Crippen LogP contribution in [0.4, 0.5) is 5.82 Å².